The second-order valence-corrected chi connectivity index (χ2v) is 4.51. The van der Waals surface area contributed by atoms with E-state index < -0.39 is 30.5 Å². The van der Waals surface area contributed by atoms with E-state index in [9.17, 15) is 18.0 Å². The highest BCUT2D eigenvalue weighted by atomic mass is 19.4. The van der Waals surface area contributed by atoms with Crippen LogP contribution in [-0.2, 0) is 4.79 Å². The molecular weight excluding hydrogens is 251 g/mol. The van der Waals surface area contributed by atoms with Gasteiger partial charge in [0.1, 0.15) is 5.41 Å². The number of carbonyl (C=O) groups excluding carboxylic acids is 1. The molecule has 0 bridgehead atoms. The Balaban J connectivity index is 2.68. The highest BCUT2D eigenvalue weighted by molar-refractivity contribution is 6.07. The van der Waals surface area contributed by atoms with E-state index in [1.54, 1.807) is 0 Å². The fourth-order valence-electron chi connectivity index (χ4n) is 1.97. The third-order valence-corrected chi connectivity index (χ3v) is 3.29. The number of nitrogens with two attached hydrogens (primary N) is 1. The van der Waals surface area contributed by atoms with Gasteiger partial charge < -0.3 is 15.8 Å². The van der Waals surface area contributed by atoms with Gasteiger partial charge in [0.05, 0.1) is 6.42 Å². The van der Waals surface area contributed by atoms with Gasteiger partial charge in [-0.15, -0.1) is 0 Å². The SMILES string of the molecule is CN(CCC(F)(F)F)C(=O)C1(C(N)=NO)CCC1. The maximum Gasteiger partial charge on any atom is 0.390 e. The quantitative estimate of drug-likeness (QED) is 0.349. The van der Waals surface area contributed by atoms with E-state index in [2.05, 4.69) is 5.16 Å². The number of rotatable bonds is 4. The number of carbonyl (C=O) groups is 1. The number of hydrogen-bond donors (Lipinski definition) is 2. The van der Waals surface area contributed by atoms with Crippen LogP contribution in [-0.4, -0.2) is 41.6 Å². The van der Waals surface area contributed by atoms with Crippen LogP contribution in [0, 0.1) is 5.41 Å². The second-order valence-electron chi connectivity index (χ2n) is 4.51. The van der Waals surface area contributed by atoms with Gasteiger partial charge in [-0.1, -0.05) is 11.6 Å². The molecule has 0 radical (unpaired) electrons. The molecule has 0 atom stereocenters. The van der Waals surface area contributed by atoms with Crippen molar-refractivity contribution in [3.05, 3.63) is 0 Å². The van der Waals surface area contributed by atoms with Gasteiger partial charge in [0.25, 0.3) is 0 Å². The monoisotopic (exact) mass is 267 g/mol. The topological polar surface area (TPSA) is 78.9 Å². The number of amides is 1. The molecule has 1 saturated carbocycles. The predicted molar refractivity (Wildman–Crippen MR) is 58.0 cm³/mol. The van der Waals surface area contributed by atoms with Crippen molar-refractivity contribution in [2.75, 3.05) is 13.6 Å². The number of amidine groups is 1. The number of nitrogens with zero attached hydrogens (tertiary/aromatic N) is 2. The van der Waals surface area contributed by atoms with Crippen LogP contribution in [0.4, 0.5) is 13.2 Å². The third kappa shape index (κ3) is 2.85. The lowest BCUT2D eigenvalue weighted by atomic mass is 9.67. The smallest absolute Gasteiger partial charge is 0.390 e. The molecule has 0 heterocycles. The summed E-state index contributed by atoms with van der Waals surface area (Å²) in [6, 6.07) is 0. The molecule has 0 aromatic rings. The Bertz CT molecular complexity index is 351. The molecule has 1 fully saturated rings. The molecule has 104 valence electrons. The summed E-state index contributed by atoms with van der Waals surface area (Å²) in [5, 5.41) is 11.5. The Kier molecular flexibility index (Phi) is 4.08. The molecule has 1 aliphatic carbocycles. The number of oxime groups is 1. The van der Waals surface area contributed by atoms with Gasteiger partial charge in [0.15, 0.2) is 5.84 Å². The Morgan fingerprint density at radius 3 is 2.39 bits per heavy atom. The first-order valence-electron chi connectivity index (χ1n) is 5.53. The lowest BCUT2D eigenvalue weighted by Gasteiger charge is -2.41. The van der Waals surface area contributed by atoms with E-state index in [0.29, 0.717) is 12.8 Å². The molecule has 0 spiro atoms. The summed E-state index contributed by atoms with van der Waals surface area (Å²) >= 11 is 0. The zero-order valence-corrected chi connectivity index (χ0v) is 10.00. The Morgan fingerprint density at radius 1 is 1.50 bits per heavy atom. The molecule has 0 saturated heterocycles. The van der Waals surface area contributed by atoms with Crippen molar-refractivity contribution >= 4 is 11.7 Å². The lowest BCUT2D eigenvalue weighted by molar-refractivity contribution is -0.150. The Morgan fingerprint density at radius 2 is 2.06 bits per heavy atom. The van der Waals surface area contributed by atoms with Crippen LogP contribution < -0.4 is 5.73 Å². The average molecular weight is 267 g/mol. The standard InChI is InChI=1S/C10H16F3N3O2/c1-16(6-5-10(11,12)13)8(17)9(3-2-4-9)7(14)15-18/h18H,2-6H2,1H3,(H2,14,15). The van der Waals surface area contributed by atoms with E-state index in [-0.39, 0.29) is 5.84 Å². The minimum absolute atomic E-state index is 0.224. The van der Waals surface area contributed by atoms with Crippen LogP contribution in [0.25, 0.3) is 0 Å². The van der Waals surface area contributed by atoms with E-state index in [1.165, 1.54) is 7.05 Å². The molecule has 0 unspecified atom stereocenters. The Labute approximate surface area is 102 Å². The number of alkyl halides is 3. The molecule has 1 rings (SSSR count). The van der Waals surface area contributed by atoms with Crippen molar-refractivity contribution in [2.45, 2.75) is 31.9 Å². The second kappa shape index (κ2) is 5.03. The van der Waals surface area contributed by atoms with E-state index in [4.69, 9.17) is 10.9 Å². The lowest BCUT2D eigenvalue weighted by Crippen LogP contribution is -2.54. The summed E-state index contributed by atoms with van der Waals surface area (Å²) in [7, 11) is 1.29. The summed E-state index contributed by atoms with van der Waals surface area (Å²) in [6.45, 7) is -0.428. The molecule has 1 amide bonds. The van der Waals surface area contributed by atoms with Gasteiger partial charge in [-0.3, -0.25) is 4.79 Å². The summed E-state index contributed by atoms with van der Waals surface area (Å²) in [5.74, 6) is -0.745. The van der Waals surface area contributed by atoms with Crippen LogP contribution in [0.5, 0.6) is 0 Å². The highest BCUT2D eigenvalue weighted by Gasteiger charge is 2.49. The van der Waals surface area contributed by atoms with E-state index in [0.717, 1.165) is 11.3 Å². The molecule has 1 aliphatic rings. The first-order valence-corrected chi connectivity index (χ1v) is 5.53. The summed E-state index contributed by atoms with van der Waals surface area (Å²) in [4.78, 5) is 13.0. The Hall–Kier alpha value is -1.47. The zero-order valence-electron chi connectivity index (χ0n) is 10.00. The third-order valence-electron chi connectivity index (χ3n) is 3.29. The first-order chi connectivity index (χ1) is 8.23. The van der Waals surface area contributed by atoms with Crippen LogP contribution in [0.3, 0.4) is 0 Å². The molecule has 18 heavy (non-hydrogen) atoms. The average Bonchev–Trinajstić information content (AvgIpc) is 2.22. The zero-order chi connectivity index (χ0) is 14.0. The molecular formula is C10H16F3N3O2. The van der Waals surface area contributed by atoms with Crippen molar-refractivity contribution in [2.24, 2.45) is 16.3 Å². The van der Waals surface area contributed by atoms with Crippen molar-refractivity contribution < 1.29 is 23.2 Å². The minimum Gasteiger partial charge on any atom is -0.409 e. The number of hydrogen-bond acceptors (Lipinski definition) is 3. The maximum atomic E-state index is 12.1. The highest BCUT2D eigenvalue weighted by Crippen LogP contribution is 2.42. The first kappa shape index (κ1) is 14.6. The largest absolute Gasteiger partial charge is 0.409 e. The van der Waals surface area contributed by atoms with Crippen molar-refractivity contribution in [3.8, 4) is 0 Å². The van der Waals surface area contributed by atoms with E-state index >= 15 is 0 Å². The van der Waals surface area contributed by atoms with Gasteiger partial charge in [-0.05, 0) is 12.8 Å². The van der Waals surface area contributed by atoms with Crippen molar-refractivity contribution in [1.82, 2.24) is 4.90 Å². The van der Waals surface area contributed by atoms with Crippen LogP contribution >= 0.6 is 0 Å². The molecule has 8 heteroatoms. The van der Waals surface area contributed by atoms with Gasteiger partial charge in [0.2, 0.25) is 5.91 Å². The normalized spacial score (nSPS) is 19.2. The van der Waals surface area contributed by atoms with Crippen LogP contribution in [0.15, 0.2) is 5.16 Å². The van der Waals surface area contributed by atoms with Gasteiger partial charge >= 0.3 is 6.18 Å². The van der Waals surface area contributed by atoms with E-state index in [1.807, 2.05) is 0 Å². The van der Waals surface area contributed by atoms with Crippen molar-refractivity contribution in [1.29, 1.82) is 0 Å². The molecule has 0 aromatic carbocycles. The maximum absolute atomic E-state index is 12.1. The summed E-state index contributed by atoms with van der Waals surface area (Å²) in [6.07, 6.45) is -3.84. The predicted octanol–water partition coefficient (Wildman–Crippen LogP) is 1.31. The minimum atomic E-state index is -4.31. The van der Waals surface area contributed by atoms with Gasteiger partial charge in [-0.2, -0.15) is 13.2 Å². The van der Waals surface area contributed by atoms with Crippen LogP contribution in [0.2, 0.25) is 0 Å². The number of halogens is 3. The molecule has 0 aromatic heterocycles. The van der Waals surface area contributed by atoms with Gasteiger partial charge in [-0.25, -0.2) is 0 Å². The fraction of sp³-hybridized carbons (Fsp3) is 0.800. The molecule has 0 aliphatic heterocycles. The van der Waals surface area contributed by atoms with Crippen LogP contribution in [0.1, 0.15) is 25.7 Å². The van der Waals surface area contributed by atoms with Gasteiger partial charge in [0, 0.05) is 13.6 Å². The molecule has 5 nitrogen and oxygen atoms in total. The summed E-state index contributed by atoms with van der Waals surface area (Å²) in [5.41, 5.74) is 4.35. The molecule has 3 N–H and O–H groups in total. The fourth-order valence-corrected chi connectivity index (χ4v) is 1.97. The summed E-state index contributed by atoms with van der Waals surface area (Å²) < 4.78 is 36.2. The van der Waals surface area contributed by atoms with Crippen molar-refractivity contribution in [3.63, 3.8) is 0 Å².